The van der Waals surface area contributed by atoms with Gasteiger partial charge in [0.2, 0.25) is 11.0 Å². The van der Waals surface area contributed by atoms with E-state index in [-0.39, 0.29) is 0 Å². The quantitative estimate of drug-likeness (QED) is 0.574. The van der Waals surface area contributed by atoms with Gasteiger partial charge in [-0.1, -0.05) is 32.5 Å². The highest BCUT2D eigenvalue weighted by molar-refractivity contribution is 8.04. The van der Waals surface area contributed by atoms with Crippen molar-refractivity contribution in [2.75, 3.05) is 0 Å². The Morgan fingerprint density at radius 2 is 1.82 bits per heavy atom. The molecule has 0 radical (unpaired) electrons. The third kappa shape index (κ3) is 4.79. The van der Waals surface area contributed by atoms with Crippen molar-refractivity contribution in [2.45, 2.75) is 25.5 Å². The van der Waals surface area contributed by atoms with Crippen LogP contribution in [-0.4, -0.2) is 4.75 Å². The van der Waals surface area contributed by atoms with Gasteiger partial charge in [-0.15, -0.1) is 0 Å². The number of nitrogens with zero attached hydrogens (tertiary/aromatic N) is 1. The van der Waals surface area contributed by atoms with E-state index in [0.29, 0.717) is 11.8 Å². The molecule has 0 heterocycles. The maximum Gasteiger partial charge on any atom is 0.242 e. The number of allylic oxidation sites excluding steroid dienone is 1. The fourth-order valence-corrected chi connectivity index (χ4v) is 1.03. The number of thioether (sulfide) groups is 1. The lowest BCUT2D eigenvalue weighted by Crippen LogP contribution is -2.06. The van der Waals surface area contributed by atoms with Crippen LogP contribution in [0.2, 0.25) is 0 Å². The van der Waals surface area contributed by atoms with Crippen molar-refractivity contribution in [3.63, 3.8) is 0 Å². The van der Waals surface area contributed by atoms with E-state index in [2.05, 4.69) is 0 Å². The largest absolute Gasteiger partial charge is 0.242 e. The molecule has 0 bridgehead atoms. The summed E-state index contributed by atoms with van der Waals surface area (Å²) in [5.74, 6) is -1.34. The number of rotatable bonds is 1. The molecule has 0 fully saturated rings. The number of hydrogen-bond donors (Lipinski definition) is 0. The average Bonchev–Trinajstić information content (AvgIpc) is 1.82. The molecular formula is C7H9F2NS. The minimum atomic E-state index is -1.34. The molecule has 1 nitrogen and oxygen atoms in total. The lowest BCUT2D eigenvalue weighted by Gasteiger charge is -2.14. The van der Waals surface area contributed by atoms with Gasteiger partial charge >= 0.3 is 0 Å². The fraction of sp³-hybridized carbons (Fsp3) is 0.571. The highest BCUT2D eigenvalue weighted by Crippen LogP contribution is 2.33. The smallest absolute Gasteiger partial charge is 0.195 e. The van der Waals surface area contributed by atoms with E-state index < -0.39 is 15.7 Å². The summed E-state index contributed by atoms with van der Waals surface area (Å²) in [6.45, 7) is 5.21. The first-order valence-corrected chi connectivity index (χ1v) is 3.83. The van der Waals surface area contributed by atoms with E-state index in [1.165, 1.54) is 0 Å². The lowest BCUT2D eigenvalue weighted by atomic mass is 10.3. The van der Waals surface area contributed by atoms with Crippen molar-refractivity contribution in [3.8, 4) is 6.07 Å². The van der Waals surface area contributed by atoms with Crippen LogP contribution >= 0.6 is 11.8 Å². The maximum absolute atomic E-state index is 12.5. The average molecular weight is 177 g/mol. The summed E-state index contributed by atoms with van der Waals surface area (Å²) in [5.41, 5.74) is 0. The van der Waals surface area contributed by atoms with Gasteiger partial charge in [0, 0.05) is 4.75 Å². The van der Waals surface area contributed by atoms with Crippen molar-refractivity contribution in [2.24, 2.45) is 0 Å². The van der Waals surface area contributed by atoms with Gasteiger partial charge in [0.15, 0.2) is 0 Å². The van der Waals surface area contributed by atoms with Gasteiger partial charge < -0.3 is 0 Å². The van der Waals surface area contributed by atoms with Gasteiger partial charge in [0.25, 0.3) is 0 Å². The molecular weight excluding hydrogens is 168 g/mol. The Morgan fingerprint density at radius 1 is 1.36 bits per heavy atom. The van der Waals surface area contributed by atoms with Gasteiger partial charge in [-0.05, 0) is 0 Å². The predicted molar refractivity (Wildman–Crippen MR) is 42.2 cm³/mol. The molecule has 11 heavy (non-hydrogen) atoms. The highest BCUT2D eigenvalue weighted by Gasteiger charge is 2.17. The molecule has 0 rings (SSSR count). The van der Waals surface area contributed by atoms with E-state index in [0.717, 1.165) is 6.07 Å². The highest BCUT2D eigenvalue weighted by atomic mass is 32.2. The van der Waals surface area contributed by atoms with E-state index in [9.17, 15) is 8.78 Å². The van der Waals surface area contributed by atoms with E-state index >= 15 is 0 Å². The fourth-order valence-electron chi connectivity index (χ4n) is 0.358. The Hall–Kier alpha value is -0.560. The van der Waals surface area contributed by atoms with E-state index in [1.54, 1.807) is 20.8 Å². The molecule has 0 spiro atoms. The standard InChI is InChI=1S/C7H9F2NS/c1-7(2,3)11-6(9)5(8)4-10/h1-3H3. The lowest BCUT2D eigenvalue weighted by molar-refractivity contribution is 0.594. The van der Waals surface area contributed by atoms with Crippen LogP contribution in [0.15, 0.2) is 11.0 Å². The number of nitriles is 1. The van der Waals surface area contributed by atoms with Crippen molar-refractivity contribution in [1.82, 2.24) is 0 Å². The first kappa shape index (κ1) is 10.4. The Labute approximate surface area is 69.1 Å². The molecule has 0 aliphatic heterocycles. The molecule has 0 N–H and O–H groups in total. The number of halogens is 2. The van der Waals surface area contributed by atoms with Crippen LogP contribution in [-0.2, 0) is 0 Å². The van der Waals surface area contributed by atoms with Gasteiger partial charge in [-0.2, -0.15) is 14.0 Å². The molecule has 0 saturated carbocycles. The molecule has 0 saturated heterocycles. The molecule has 4 heteroatoms. The molecule has 0 atom stereocenters. The van der Waals surface area contributed by atoms with Gasteiger partial charge in [-0.25, -0.2) is 0 Å². The first-order valence-electron chi connectivity index (χ1n) is 3.01. The maximum atomic E-state index is 12.5. The third-order valence-corrected chi connectivity index (χ3v) is 1.64. The number of hydrogen-bond acceptors (Lipinski definition) is 2. The molecule has 0 aromatic heterocycles. The zero-order valence-electron chi connectivity index (χ0n) is 6.61. The predicted octanol–water partition coefficient (Wildman–Crippen LogP) is 3.15. The van der Waals surface area contributed by atoms with Gasteiger partial charge in [0.1, 0.15) is 6.07 Å². The first-order chi connectivity index (χ1) is 4.87. The van der Waals surface area contributed by atoms with Crippen molar-refractivity contribution in [1.29, 1.82) is 5.26 Å². The van der Waals surface area contributed by atoms with Crippen LogP contribution in [0.5, 0.6) is 0 Å². The second-order valence-corrected chi connectivity index (χ2v) is 4.70. The summed E-state index contributed by atoms with van der Waals surface area (Å²) < 4.78 is 24.3. The summed E-state index contributed by atoms with van der Waals surface area (Å²) in [6, 6.07) is 1.10. The van der Waals surface area contributed by atoms with Crippen LogP contribution in [0.4, 0.5) is 8.78 Å². The van der Waals surface area contributed by atoms with Crippen molar-refractivity contribution in [3.05, 3.63) is 11.0 Å². The minimum absolute atomic E-state index is 0.404. The van der Waals surface area contributed by atoms with Crippen LogP contribution in [0.1, 0.15) is 20.8 Å². The van der Waals surface area contributed by atoms with Gasteiger partial charge in [-0.3, -0.25) is 0 Å². The Morgan fingerprint density at radius 3 is 2.09 bits per heavy atom. The molecule has 0 aliphatic rings. The van der Waals surface area contributed by atoms with Crippen LogP contribution in [0.3, 0.4) is 0 Å². The SMILES string of the molecule is CC(C)(C)SC(F)=C(F)C#N. The zero-order valence-corrected chi connectivity index (χ0v) is 7.43. The molecule has 0 unspecified atom stereocenters. The van der Waals surface area contributed by atoms with Gasteiger partial charge in [0.05, 0.1) is 0 Å². The van der Waals surface area contributed by atoms with Crippen molar-refractivity contribution < 1.29 is 8.78 Å². The molecule has 62 valence electrons. The summed E-state index contributed by atoms with van der Waals surface area (Å²) in [5, 5.41) is 6.92. The second kappa shape index (κ2) is 3.72. The Balaban J connectivity index is 4.32. The molecule has 0 aromatic carbocycles. The van der Waals surface area contributed by atoms with Crippen LogP contribution < -0.4 is 0 Å². The summed E-state index contributed by atoms with van der Waals surface area (Å²) in [7, 11) is 0. The van der Waals surface area contributed by atoms with E-state index in [4.69, 9.17) is 5.26 Å². The van der Waals surface area contributed by atoms with E-state index in [1.807, 2.05) is 0 Å². The molecule has 0 amide bonds. The Kier molecular flexibility index (Phi) is 3.53. The summed E-state index contributed by atoms with van der Waals surface area (Å²) >= 11 is 0.705. The second-order valence-electron chi connectivity index (χ2n) is 2.91. The molecule has 0 aromatic rings. The normalized spacial score (nSPS) is 13.8. The summed E-state index contributed by atoms with van der Waals surface area (Å²) in [6.07, 6.45) is 0. The third-order valence-electron chi connectivity index (χ3n) is 0.667. The molecule has 0 aliphatic carbocycles. The monoisotopic (exact) mass is 177 g/mol. The zero-order chi connectivity index (χ0) is 9.07. The topological polar surface area (TPSA) is 23.8 Å². The van der Waals surface area contributed by atoms with Crippen molar-refractivity contribution >= 4 is 11.8 Å². The van der Waals surface area contributed by atoms with Crippen LogP contribution in [0, 0.1) is 11.3 Å². The van der Waals surface area contributed by atoms with Crippen LogP contribution in [0.25, 0.3) is 0 Å². The Bertz CT molecular complexity index is 209. The minimum Gasteiger partial charge on any atom is -0.195 e. The summed E-state index contributed by atoms with van der Waals surface area (Å²) in [4.78, 5) is 0.